The number of nitrogens with one attached hydrogen (secondary N) is 1. The normalized spacial score (nSPS) is 23.2. The van der Waals surface area contributed by atoms with E-state index in [-0.39, 0.29) is 6.04 Å². The molecule has 0 amide bonds. The Kier molecular flexibility index (Phi) is 4.54. The van der Waals surface area contributed by atoms with Gasteiger partial charge in [0.15, 0.2) is 0 Å². The van der Waals surface area contributed by atoms with E-state index in [1.807, 2.05) is 25.1 Å². The maximum atomic E-state index is 12.3. The van der Waals surface area contributed by atoms with Crippen LogP contribution in [-0.4, -0.2) is 30.8 Å². The summed E-state index contributed by atoms with van der Waals surface area (Å²) in [5.74, 6) is 0.426. The fraction of sp³-hybridized carbons (Fsp3) is 0.615. The summed E-state index contributed by atoms with van der Waals surface area (Å²) in [6, 6.07) is 5.18. The molecule has 0 aliphatic carbocycles. The van der Waals surface area contributed by atoms with E-state index in [0.717, 1.165) is 18.5 Å². The molecule has 2 heterocycles. The van der Waals surface area contributed by atoms with Crippen LogP contribution in [0.25, 0.3) is 0 Å². The van der Waals surface area contributed by atoms with Crippen LogP contribution in [0.2, 0.25) is 0 Å². The molecule has 0 unspecified atom stereocenters. The van der Waals surface area contributed by atoms with Crippen molar-refractivity contribution >= 4 is 10.2 Å². The van der Waals surface area contributed by atoms with Crippen molar-refractivity contribution in [1.29, 1.82) is 0 Å². The first kappa shape index (κ1) is 14.4. The topological polar surface area (TPSA) is 62.3 Å². The predicted octanol–water partition coefficient (Wildman–Crippen LogP) is 1.71. The zero-order valence-electron chi connectivity index (χ0n) is 11.4. The Balaban J connectivity index is 2.04. The maximum Gasteiger partial charge on any atom is 0.280 e. The van der Waals surface area contributed by atoms with E-state index < -0.39 is 10.2 Å². The van der Waals surface area contributed by atoms with Gasteiger partial charge in [0.25, 0.3) is 10.2 Å². The predicted molar refractivity (Wildman–Crippen MR) is 74.7 cm³/mol. The Morgan fingerprint density at radius 2 is 2.26 bits per heavy atom. The van der Waals surface area contributed by atoms with Crippen LogP contribution >= 0.6 is 0 Å². The number of aromatic nitrogens is 1. The first-order valence-corrected chi connectivity index (χ1v) is 8.11. The van der Waals surface area contributed by atoms with Gasteiger partial charge in [-0.1, -0.05) is 13.0 Å². The zero-order valence-corrected chi connectivity index (χ0v) is 12.2. The highest BCUT2D eigenvalue weighted by Crippen LogP contribution is 2.19. The molecule has 106 valence electrons. The Labute approximate surface area is 115 Å². The summed E-state index contributed by atoms with van der Waals surface area (Å²) in [6.45, 7) is 5.11. The van der Waals surface area contributed by atoms with Crippen LogP contribution in [0.1, 0.15) is 38.4 Å². The fourth-order valence-corrected chi connectivity index (χ4v) is 3.89. The highest BCUT2D eigenvalue weighted by atomic mass is 32.2. The third-order valence-electron chi connectivity index (χ3n) is 3.42. The minimum atomic E-state index is -3.42. The van der Waals surface area contributed by atoms with Crippen molar-refractivity contribution in [3.05, 3.63) is 30.1 Å². The average molecular weight is 283 g/mol. The van der Waals surface area contributed by atoms with Gasteiger partial charge in [-0.25, -0.2) is 0 Å². The van der Waals surface area contributed by atoms with E-state index in [2.05, 4.69) is 16.6 Å². The van der Waals surface area contributed by atoms with Crippen molar-refractivity contribution in [2.75, 3.05) is 13.1 Å². The summed E-state index contributed by atoms with van der Waals surface area (Å²) in [5, 5.41) is 0. The summed E-state index contributed by atoms with van der Waals surface area (Å²) in [6.07, 6.45) is 3.70. The van der Waals surface area contributed by atoms with E-state index in [4.69, 9.17) is 0 Å². The zero-order chi connectivity index (χ0) is 13.9. The van der Waals surface area contributed by atoms with Gasteiger partial charge in [-0.05, 0) is 37.8 Å². The molecule has 1 saturated heterocycles. The molecule has 0 bridgehead atoms. The number of rotatable bonds is 4. The first-order chi connectivity index (χ1) is 8.99. The number of pyridine rings is 1. The maximum absolute atomic E-state index is 12.3. The highest BCUT2D eigenvalue weighted by Gasteiger charge is 2.28. The van der Waals surface area contributed by atoms with Crippen molar-refractivity contribution < 1.29 is 8.42 Å². The molecule has 2 rings (SSSR count). The van der Waals surface area contributed by atoms with E-state index >= 15 is 0 Å². The van der Waals surface area contributed by atoms with Gasteiger partial charge in [0, 0.05) is 19.3 Å². The molecule has 1 aromatic rings. The molecule has 6 heteroatoms. The number of hydrogen-bond acceptors (Lipinski definition) is 3. The Hall–Kier alpha value is -0.980. The standard InChI is InChI=1S/C13H21N3O2S/c1-11-6-5-9-16(10-11)19(17,18)15-12(2)13-7-3-4-8-14-13/h3-4,7-8,11-12,15H,5-6,9-10H2,1-2H3/t11-,12+/m0/s1. The molecule has 2 atom stereocenters. The van der Waals surface area contributed by atoms with Crippen molar-refractivity contribution in [3.63, 3.8) is 0 Å². The van der Waals surface area contributed by atoms with Crippen LogP contribution in [0, 0.1) is 5.92 Å². The monoisotopic (exact) mass is 283 g/mol. The lowest BCUT2D eigenvalue weighted by molar-refractivity contribution is 0.277. The van der Waals surface area contributed by atoms with Gasteiger partial charge in [0.2, 0.25) is 0 Å². The minimum absolute atomic E-state index is 0.316. The lowest BCUT2D eigenvalue weighted by Gasteiger charge is -2.31. The molecule has 1 aromatic heterocycles. The molecule has 5 nitrogen and oxygen atoms in total. The third kappa shape index (κ3) is 3.75. The molecule has 0 spiro atoms. The molecule has 19 heavy (non-hydrogen) atoms. The smallest absolute Gasteiger partial charge is 0.260 e. The SMILES string of the molecule is C[C@H]1CCCN(S(=O)(=O)N[C@H](C)c2ccccn2)C1. The second kappa shape index (κ2) is 5.98. The lowest BCUT2D eigenvalue weighted by Crippen LogP contribution is -2.46. The first-order valence-electron chi connectivity index (χ1n) is 6.67. The molecule has 0 aromatic carbocycles. The van der Waals surface area contributed by atoms with E-state index in [0.29, 0.717) is 19.0 Å². The minimum Gasteiger partial charge on any atom is -0.260 e. The molecule has 1 aliphatic rings. The van der Waals surface area contributed by atoms with Crippen molar-refractivity contribution in [2.45, 2.75) is 32.7 Å². The molecule has 1 N–H and O–H groups in total. The van der Waals surface area contributed by atoms with Gasteiger partial charge in [-0.15, -0.1) is 0 Å². The largest absolute Gasteiger partial charge is 0.280 e. The van der Waals surface area contributed by atoms with Crippen LogP contribution in [0.3, 0.4) is 0 Å². The summed E-state index contributed by atoms with van der Waals surface area (Å²) in [7, 11) is -3.42. The van der Waals surface area contributed by atoms with Crippen molar-refractivity contribution in [3.8, 4) is 0 Å². The summed E-state index contributed by atoms with van der Waals surface area (Å²) < 4.78 is 28.8. The van der Waals surface area contributed by atoms with E-state index in [1.54, 1.807) is 10.5 Å². The Morgan fingerprint density at radius 1 is 1.47 bits per heavy atom. The summed E-state index contributed by atoms with van der Waals surface area (Å²) >= 11 is 0. The Morgan fingerprint density at radius 3 is 2.89 bits per heavy atom. The molecule has 1 fully saturated rings. The van der Waals surface area contributed by atoms with E-state index in [9.17, 15) is 8.42 Å². The van der Waals surface area contributed by atoms with Crippen molar-refractivity contribution in [2.24, 2.45) is 5.92 Å². The van der Waals surface area contributed by atoms with Gasteiger partial charge in [0.05, 0.1) is 11.7 Å². The second-order valence-corrected chi connectivity index (χ2v) is 6.91. The van der Waals surface area contributed by atoms with Crippen molar-refractivity contribution in [1.82, 2.24) is 14.0 Å². The van der Waals surface area contributed by atoms with Crippen LogP contribution in [0.4, 0.5) is 0 Å². The summed E-state index contributed by atoms with van der Waals surface area (Å²) in [5.41, 5.74) is 0.733. The Bertz CT molecular complexity index is 504. The van der Waals surface area contributed by atoms with Crippen LogP contribution < -0.4 is 4.72 Å². The molecular weight excluding hydrogens is 262 g/mol. The van der Waals surface area contributed by atoms with Crippen LogP contribution in [0.5, 0.6) is 0 Å². The molecular formula is C13H21N3O2S. The lowest BCUT2D eigenvalue weighted by atomic mass is 10.0. The van der Waals surface area contributed by atoms with Crippen LogP contribution in [0.15, 0.2) is 24.4 Å². The molecule has 0 radical (unpaired) electrons. The van der Waals surface area contributed by atoms with Crippen LogP contribution in [-0.2, 0) is 10.2 Å². The van der Waals surface area contributed by atoms with Gasteiger partial charge >= 0.3 is 0 Å². The third-order valence-corrected chi connectivity index (χ3v) is 5.08. The molecule has 0 saturated carbocycles. The van der Waals surface area contributed by atoms with Gasteiger partial charge < -0.3 is 0 Å². The number of hydrogen-bond donors (Lipinski definition) is 1. The number of piperidine rings is 1. The quantitative estimate of drug-likeness (QED) is 0.915. The second-order valence-electron chi connectivity index (χ2n) is 5.20. The summed E-state index contributed by atoms with van der Waals surface area (Å²) in [4.78, 5) is 4.18. The molecule has 1 aliphatic heterocycles. The van der Waals surface area contributed by atoms with Gasteiger partial charge in [-0.2, -0.15) is 17.4 Å². The van der Waals surface area contributed by atoms with E-state index in [1.165, 1.54) is 0 Å². The number of nitrogens with zero attached hydrogens (tertiary/aromatic N) is 2. The van der Waals surface area contributed by atoms with Gasteiger partial charge in [-0.3, -0.25) is 4.98 Å². The average Bonchev–Trinajstić information content (AvgIpc) is 2.39. The fourth-order valence-electron chi connectivity index (χ4n) is 2.36. The highest BCUT2D eigenvalue weighted by molar-refractivity contribution is 7.87. The van der Waals surface area contributed by atoms with Gasteiger partial charge in [0.1, 0.15) is 0 Å².